The monoisotopic (exact) mass is 428 g/mol. The minimum absolute atomic E-state index is 0.114. The van der Waals surface area contributed by atoms with Crippen molar-refractivity contribution in [1.82, 2.24) is 19.7 Å². The van der Waals surface area contributed by atoms with Gasteiger partial charge in [0.05, 0.1) is 18.0 Å². The van der Waals surface area contributed by atoms with Crippen LogP contribution in [-0.4, -0.2) is 31.6 Å². The first-order chi connectivity index (χ1) is 15.8. The first-order valence-corrected chi connectivity index (χ1v) is 11.3. The van der Waals surface area contributed by atoms with Gasteiger partial charge in [-0.05, 0) is 36.8 Å². The average molecular weight is 429 g/mol. The van der Waals surface area contributed by atoms with Gasteiger partial charge >= 0.3 is 0 Å². The summed E-state index contributed by atoms with van der Waals surface area (Å²) in [5.41, 5.74) is 5.16. The van der Waals surface area contributed by atoms with Crippen molar-refractivity contribution < 1.29 is 9.84 Å². The van der Waals surface area contributed by atoms with Gasteiger partial charge in [0.1, 0.15) is 6.61 Å². The SMILES string of the molecule is OC1CCC(NCc2ccc(-c3cnc4c(OCc5ccccc5)nccn34)cc2)CC1. The summed E-state index contributed by atoms with van der Waals surface area (Å²) in [5.74, 6) is 0.529. The molecule has 2 N–H and O–H groups in total. The van der Waals surface area contributed by atoms with Crippen molar-refractivity contribution in [3.63, 3.8) is 0 Å². The van der Waals surface area contributed by atoms with Crippen LogP contribution < -0.4 is 10.1 Å². The van der Waals surface area contributed by atoms with E-state index in [1.54, 1.807) is 6.20 Å². The number of nitrogens with zero attached hydrogens (tertiary/aromatic N) is 3. The normalized spacial score (nSPS) is 18.7. The maximum absolute atomic E-state index is 9.66. The maximum atomic E-state index is 9.66. The molecule has 0 radical (unpaired) electrons. The molecule has 4 aromatic rings. The van der Waals surface area contributed by atoms with Crippen LogP contribution in [0, 0.1) is 0 Å². The molecule has 1 aliphatic rings. The molecular formula is C26H28N4O2. The highest BCUT2D eigenvalue weighted by molar-refractivity contribution is 5.66. The maximum Gasteiger partial charge on any atom is 0.258 e. The van der Waals surface area contributed by atoms with Crippen LogP contribution in [0.3, 0.4) is 0 Å². The molecule has 0 atom stereocenters. The molecule has 2 aromatic heterocycles. The first-order valence-electron chi connectivity index (χ1n) is 11.3. The van der Waals surface area contributed by atoms with Crippen molar-refractivity contribution in [1.29, 1.82) is 0 Å². The van der Waals surface area contributed by atoms with E-state index in [0.29, 0.717) is 24.2 Å². The second kappa shape index (κ2) is 9.51. The van der Waals surface area contributed by atoms with E-state index in [1.165, 1.54) is 5.56 Å². The lowest BCUT2D eigenvalue weighted by molar-refractivity contribution is 0.116. The Morgan fingerprint density at radius 2 is 1.72 bits per heavy atom. The van der Waals surface area contributed by atoms with E-state index in [0.717, 1.165) is 49.0 Å². The summed E-state index contributed by atoms with van der Waals surface area (Å²) >= 11 is 0. The van der Waals surface area contributed by atoms with Crippen LogP contribution in [0.1, 0.15) is 36.8 Å². The second-order valence-corrected chi connectivity index (χ2v) is 8.43. The smallest absolute Gasteiger partial charge is 0.258 e. The van der Waals surface area contributed by atoms with E-state index in [9.17, 15) is 5.11 Å². The molecule has 6 heteroatoms. The Kier molecular flexibility index (Phi) is 6.14. The van der Waals surface area contributed by atoms with Crippen molar-refractivity contribution in [2.75, 3.05) is 0 Å². The molecule has 0 saturated heterocycles. The summed E-state index contributed by atoms with van der Waals surface area (Å²) in [4.78, 5) is 8.96. The minimum Gasteiger partial charge on any atom is -0.470 e. The number of hydrogen-bond acceptors (Lipinski definition) is 5. The average Bonchev–Trinajstić information content (AvgIpc) is 3.28. The molecule has 1 saturated carbocycles. The fourth-order valence-corrected chi connectivity index (χ4v) is 4.27. The van der Waals surface area contributed by atoms with E-state index in [1.807, 2.05) is 47.1 Å². The van der Waals surface area contributed by atoms with E-state index in [-0.39, 0.29) is 6.10 Å². The van der Waals surface area contributed by atoms with Gasteiger partial charge in [-0.25, -0.2) is 9.97 Å². The lowest BCUT2D eigenvalue weighted by atomic mass is 9.93. The predicted octanol–water partition coefficient (Wildman–Crippen LogP) is 4.37. The van der Waals surface area contributed by atoms with Gasteiger partial charge in [0, 0.05) is 30.5 Å². The number of rotatable bonds is 7. The standard InChI is InChI=1S/C26H28N4O2/c31-23-12-10-22(11-13-23)28-16-19-6-8-21(9-7-19)24-17-29-25-26(27-14-15-30(24)25)32-18-20-4-2-1-3-5-20/h1-9,14-15,17,22-23,28,31H,10-13,16,18H2. The van der Waals surface area contributed by atoms with Gasteiger partial charge in [-0.3, -0.25) is 4.40 Å². The molecule has 5 rings (SSSR count). The molecule has 32 heavy (non-hydrogen) atoms. The molecule has 164 valence electrons. The van der Waals surface area contributed by atoms with Gasteiger partial charge in [-0.15, -0.1) is 0 Å². The number of fused-ring (bicyclic) bond motifs is 1. The van der Waals surface area contributed by atoms with Crippen LogP contribution >= 0.6 is 0 Å². The van der Waals surface area contributed by atoms with Gasteiger partial charge in [-0.1, -0.05) is 54.6 Å². The fourth-order valence-electron chi connectivity index (χ4n) is 4.27. The molecule has 1 fully saturated rings. The molecular weight excluding hydrogens is 400 g/mol. The van der Waals surface area contributed by atoms with E-state index < -0.39 is 0 Å². The topological polar surface area (TPSA) is 71.7 Å². The molecule has 2 heterocycles. The van der Waals surface area contributed by atoms with E-state index in [4.69, 9.17) is 4.74 Å². The van der Waals surface area contributed by atoms with Crippen LogP contribution in [0.25, 0.3) is 16.9 Å². The van der Waals surface area contributed by atoms with Crippen LogP contribution in [0.5, 0.6) is 5.88 Å². The summed E-state index contributed by atoms with van der Waals surface area (Å²) in [6.07, 6.45) is 9.31. The Balaban J connectivity index is 1.27. The summed E-state index contributed by atoms with van der Waals surface area (Å²) in [5, 5.41) is 13.3. The van der Waals surface area contributed by atoms with Crippen molar-refractivity contribution in [3.05, 3.63) is 84.3 Å². The summed E-state index contributed by atoms with van der Waals surface area (Å²) in [6, 6.07) is 19.1. The first kappa shape index (κ1) is 20.7. The highest BCUT2D eigenvalue weighted by Crippen LogP contribution is 2.25. The summed E-state index contributed by atoms with van der Waals surface area (Å²) in [7, 11) is 0. The van der Waals surface area contributed by atoms with Crippen LogP contribution in [0.2, 0.25) is 0 Å². The predicted molar refractivity (Wildman–Crippen MR) is 124 cm³/mol. The molecule has 0 spiro atoms. The van der Waals surface area contributed by atoms with Gasteiger partial charge < -0.3 is 15.2 Å². The van der Waals surface area contributed by atoms with Crippen molar-refractivity contribution in [2.45, 2.75) is 51.0 Å². The van der Waals surface area contributed by atoms with Gasteiger partial charge in [-0.2, -0.15) is 0 Å². The zero-order chi connectivity index (χ0) is 21.8. The molecule has 0 unspecified atom stereocenters. The van der Waals surface area contributed by atoms with Crippen molar-refractivity contribution >= 4 is 5.65 Å². The lowest BCUT2D eigenvalue weighted by Gasteiger charge is -2.26. The number of nitrogens with one attached hydrogen (secondary N) is 1. The fraction of sp³-hybridized carbons (Fsp3) is 0.308. The Hall–Kier alpha value is -3.22. The zero-order valence-corrected chi connectivity index (χ0v) is 18.0. The number of hydrogen-bond donors (Lipinski definition) is 2. The number of aliphatic hydroxyl groups is 1. The number of imidazole rings is 1. The Morgan fingerprint density at radius 3 is 2.50 bits per heavy atom. The van der Waals surface area contributed by atoms with Crippen LogP contribution in [-0.2, 0) is 13.2 Å². The molecule has 2 aromatic carbocycles. The number of aliphatic hydroxyl groups excluding tert-OH is 1. The minimum atomic E-state index is -0.114. The largest absolute Gasteiger partial charge is 0.470 e. The Labute approximate surface area is 187 Å². The van der Waals surface area contributed by atoms with Gasteiger partial charge in [0.15, 0.2) is 0 Å². The quantitative estimate of drug-likeness (QED) is 0.457. The zero-order valence-electron chi connectivity index (χ0n) is 18.0. The number of aromatic nitrogens is 3. The summed E-state index contributed by atoms with van der Waals surface area (Å²) < 4.78 is 7.97. The number of ether oxygens (including phenoxy) is 1. The van der Waals surface area contributed by atoms with Crippen molar-refractivity contribution in [2.24, 2.45) is 0 Å². The third-order valence-electron chi connectivity index (χ3n) is 6.16. The highest BCUT2D eigenvalue weighted by Gasteiger charge is 2.18. The van der Waals surface area contributed by atoms with Crippen LogP contribution in [0.15, 0.2) is 73.2 Å². The summed E-state index contributed by atoms with van der Waals surface area (Å²) in [6.45, 7) is 1.30. The van der Waals surface area contributed by atoms with Gasteiger partial charge in [0.2, 0.25) is 5.65 Å². The van der Waals surface area contributed by atoms with Gasteiger partial charge in [0.25, 0.3) is 5.88 Å². The molecule has 6 nitrogen and oxygen atoms in total. The third-order valence-corrected chi connectivity index (χ3v) is 6.16. The molecule has 0 amide bonds. The Morgan fingerprint density at radius 1 is 0.938 bits per heavy atom. The van der Waals surface area contributed by atoms with E-state index >= 15 is 0 Å². The second-order valence-electron chi connectivity index (χ2n) is 8.43. The molecule has 0 aliphatic heterocycles. The van der Waals surface area contributed by atoms with Crippen molar-refractivity contribution in [3.8, 4) is 17.1 Å². The van der Waals surface area contributed by atoms with Crippen LogP contribution in [0.4, 0.5) is 0 Å². The van der Waals surface area contributed by atoms with E-state index in [2.05, 4.69) is 39.6 Å². The third kappa shape index (κ3) is 4.66. The highest BCUT2D eigenvalue weighted by atomic mass is 16.5. The Bertz CT molecular complexity index is 1150. The molecule has 1 aliphatic carbocycles. The molecule has 0 bridgehead atoms. The lowest BCUT2D eigenvalue weighted by Crippen LogP contribution is -2.34. The number of benzene rings is 2.